The maximum atomic E-state index is 11.4. The van der Waals surface area contributed by atoms with Crippen molar-refractivity contribution in [1.29, 1.82) is 0 Å². The number of nitrogens with zero attached hydrogens (tertiary/aromatic N) is 1. The summed E-state index contributed by atoms with van der Waals surface area (Å²) in [6.45, 7) is 5.06. The second-order valence-electron chi connectivity index (χ2n) is 3.70. The van der Waals surface area contributed by atoms with Gasteiger partial charge in [0.2, 0.25) is 5.91 Å². The molecular formula is C10H21N3OS. The van der Waals surface area contributed by atoms with Gasteiger partial charge in [0.25, 0.3) is 0 Å². The molecule has 0 aliphatic heterocycles. The first kappa shape index (κ1) is 14.3. The summed E-state index contributed by atoms with van der Waals surface area (Å²) in [5.41, 5.74) is 5.49. The highest BCUT2D eigenvalue weighted by atomic mass is 32.1. The Bertz CT molecular complexity index is 221. The summed E-state index contributed by atoms with van der Waals surface area (Å²) in [4.78, 5) is 13.7. The first-order valence-electron chi connectivity index (χ1n) is 5.25. The van der Waals surface area contributed by atoms with Crippen LogP contribution in [0, 0.1) is 0 Å². The summed E-state index contributed by atoms with van der Waals surface area (Å²) in [6.07, 6.45) is 2.10. The van der Waals surface area contributed by atoms with Crippen molar-refractivity contribution in [3.05, 3.63) is 0 Å². The van der Waals surface area contributed by atoms with E-state index in [2.05, 4.69) is 12.2 Å². The smallest absolute Gasteiger partial charge is 0.234 e. The second kappa shape index (κ2) is 7.59. The number of carbonyl (C=O) groups is 1. The molecule has 1 amide bonds. The Morgan fingerprint density at radius 2 is 2.20 bits per heavy atom. The maximum absolute atomic E-state index is 11.4. The fraction of sp³-hybridized carbons (Fsp3) is 0.800. The summed E-state index contributed by atoms with van der Waals surface area (Å²) >= 11 is 4.86. The van der Waals surface area contributed by atoms with E-state index in [9.17, 15) is 4.79 Å². The Labute approximate surface area is 97.2 Å². The first-order chi connectivity index (χ1) is 6.99. The quantitative estimate of drug-likeness (QED) is 0.495. The van der Waals surface area contributed by atoms with Gasteiger partial charge in [-0.3, -0.25) is 9.69 Å². The summed E-state index contributed by atoms with van der Waals surface area (Å²) < 4.78 is 0. The van der Waals surface area contributed by atoms with Crippen molar-refractivity contribution in [2.45, 2.75) is 32.7 Å². The van der Waals surface area contributed by atoms with E-state index in [1.807, 2.05) is 18.9 Å². The fourth-order valence-electron chi connectivity index (χ4n) is 1.04. The zero-order chi connectivity index (χ0) is 11.8. The SMILES string of the molecule is CCCCNC(=O)CN(C)C(C)C(N)=S. The minimum Gasteiger partial charge on any atom is -0.392 e. The third-order valence-corrected chi connectivity index (χ3v) is 2.66. The zero-order valence-electron chi connectivity index (χ0n) is 9.75. The molecule has 4 nitrogen and oxygen atoms in total. The van der Waals surface area contributed by atoms with Gasteiger partial charge in [-0.15, -0.1) is 0 Å². The standard InChI is InChI=1S/C10H21N3OS/c1-4-5-6-12-9(14)7-13(3)8(2)10(11)15/h8H,4-7H2,1-3H3,(H2,11,15)(H,12,14). The van der Waals surface area contributed by atoms with Gasteiger partial charge in [0.1, 0.15) is 0 Å². The van der Waals surface area contributed by atoms with Crippen LogP contribution in [0.5, 0.6) is 0 Å². The predicted molar refractivity (Wildman–Crippen MR) is 66.8 cm³/mol. The number of hydrogen-bond donors (Lipinski definition) is 2. The monoisotopic (exact) mass is 231 g/mol. The molecule has 0 fully saturated rings. The number of rotatable bonds is 7. The van der Waals surface area contributed by atoms with Crippen LogP contribution in [0.3, 0.4) is 0 Å². The summed E-state index contributed by atoms with van der Waals surface area (Å²) in [5, 5.41) is 2.84. The number of hydrogen-bond acceptors (Lipinski definition) is 3. The Hall–Kier alpha value is -0.680. The molecule has 0 aliphatic carbocycles. The van der Waals surface area contributed by atoms with E-state index in [-0.39, 0.29) is 11.9 Å². The predicted octanol–water partition coefficient (Wildman–Crippen LogP) is 0.509. The van der Waals surface area contributed by atoms with Crippen molar-refractivity contribution in [2.75, 3.05) is 20.1 Å². The lowest BCUT2D eigenvalue weighted by Gasteiger charge is -2.22. The van der Waals surface area contributed by atoms with Crippen LogP contribution in [0.15, 0.2) is 0 Å². The van der Waals surface area contributed by atoms with E-state index >= 15 is 0 Å². The molecule has 0 bridgehead atoms. The van der Waals surface area contributed by atoms with Crippen LogP contribution < -0.4 is 11.1 Å². The molecule has 0 aromatic heterocycles. The molecule has 0 aromatic carbocycles. The molecule has 0 saturated carbocycles. The highest BCUT2D eigenvalue weighted by Crippen LogP contribution is 1.95. The molecule has 0 saturated heterocycles. The van der Waals surface area contributed by atoms with Crippen molar-refractivity contribution in [2.24, 2.45) is 5.73 Å². The normalized spacial score (nSPS) is 12.5. The topological polar surface area (TPSA) is 58.4 Å². The molecule has 5 heteroatoms. The van der Waals surface area contributed by atoms with Crippen LogP contribution >= 0.6 is 12.2 Å². The Morgan fingerprint density at radius 3 is 2.67 bits per heavy atom. The van der Waals surface area contributed by atoms with Gasteiger partial charge in [0, 0.05) is 6.54 Å². The van der Waals surface area contributed by atoms with E-state index in [1.165, 1.54) is 0 Å². The third kappa shape index (κ3) is 6.41. The van der Waals surface area contributed by atoms with E-state index in [4.69, 9.17) is 18.0 Å². The van der Waals surface area contributed by atoms with E-state index in [0.29, 0.717) is 11.5 Å². The van der Waals surface area contributed by atoms with Gasteiger partial charge in [-0.2, -0.15) is 0 Å². The maximum Gasteiger partial charge on any atom is 0.234 e. The molecule has 0 aliphatic rings. The number of nitrogens with one attached hydrogen (secondary N) is 1. The molecule has 0 spiro atoms. The van der Waals surface area contributed by atoms with E-state index in [0.717, 1.165) is 19.4 Å². The van der Waals surface area contributed by atoms with Crippen LogP contribution in [0.25, 0.3) is 0 Å². The molecule has 0 rings (SSSR count). The molecule has 88 valence electrons. The second-order valence-corrected chi connectivity index (χ2v) is 4.17. The van der Waals surface area contributed by atoms with Gasteiger partial charge in [-0.25, -0.2) is 0 Å². The molecule has 0 aromatic rings. The van der Waals surface area contributed by atoms with Crippen LogP contribution in [0.2, 0.25) is 0 Å². The van der Waals surface area contributed by atoms with Gasteiger partial charge in [0.15, 0.2) is 0 Å². The van der Waals surface area contributed by atoms with Crippen LogP contribution in [0.1, 0.15) is 26.7 Å². The van der Waals surface area contributed by atoms with Crippen molar-refractivity contribution < 1.29 is 4.79 Å². The van der Waals surface area contributed by atoms with Crippen molar-refractivity contribution in [3.63, 3.8) is 0 Å². The molecule has 1 unspecified atom stereocenters. The summed E-state index contributed by atoms with van der Waals surface area (Å²) in [7, 11) is 1.84. The molecule has 0 radical (unpaired) electrons. The molecule has 3 N–H and O–H groups in total. The molecule has 1 atom stereocenters. The van der Waals surface area contributed by atoms with Crippen LogP contribution in [-0.2, 0) is 4.79 Å². The van der Waals surface area contributed by atoms with Crippen LogP contribution in [-0.4, -0.2) is 42.0 Å². The zero-order valence-corrected chi connectivity index (χ0v) is 10.6. The van der Waals surface area contributed by atoms with Gasteiger partial charge in [-0.1, -0.05) is 25.6 Å². The fourth-order valence-corrected chi connectivity index (χ4v) is 1.22. The number of likely N-dealkylation sites (N-methyl/N-ethyl adjacent to an activating group) is 1. The number of nitrogens with two attached hydrogens (primary N) is 1. The first-order valence-corrected chi connectivity index (χ1v) is 5.66. The third-order valence-electron chi connectivity index (χ3n) is 2.32. The summed E-state index contributed by atoms with van der Waals surface area (Å²) in [6, 6.07) is -0.0445. The van der Waals surface area contributed by atoms with Gasteiger partial charge >= 0.3 is 0 Å². The van der Waals surface area contributed by atoms with Gasteiger partial charge in [-0.05, 0) is 20.4 Å². The van der Waals surface area contributed by atoms with Crippen molar-refractivity contribution in [3.8, 4) is 0 Å². The lowest BCUT2D eigenvalue weighted by atomic mass is 10.3. The van der Waals surface area contributed by atoms with Crippen molar-refractivity contribution >= 4 is 23.1 Å². The number of amides is 1. The Balaban J connectivity index is 3.80. The van der Waals surface area contributed by atoms with Crippen LogP contribution in [0.4, 0.5) is 0 Å². The average molecular weight is 231 g/mol. The molecule has 0 heterocycles. The number of carbonyl (C=O) groups excluding carboxylic acids is 1. The lowest BCUT2D eigenvalue weighted by Crippen LogP contribution is -2.44. The number of thiocarbonyl (C=S) groups is 1. The molecule has 15 heavy (non-hydrogen) atoms. The minimum atomic E-state index is -0.0445. The highest BCUT2D eigenvalue weighted by molar-refractivity contribution is 7.80. The van der Waals surface area contributed by atoms with Gasteiger partial charge in [0.05, 0.1) is 17.6 Å². The average Bonchev–Trinajstić information content (AvgIpc) is 2.16. The van der Waals surface area contributed by atoms with E-state index in [1.54, 1.807) is 0 Å². The van der Waals surface area contributed by atoms with E-state index < -0.39 is 0 Å². The highest BCUT2D eigenvalue weighted by Gasteiger charge is 2.14. The van der Waals surface area contributed by atoms with Crippen molar-refractivity contribution in [1.82, 2.24) is 10.2 Å². The Kier molecular flexibility index (Phi) is 7.25. The summed E-state index contributed by atoms with van der Waals surface area (Å²) in [5.74, 6) is 0.0223. The lowest BCUT2D eigenvalue weighted by molar-refractivity contribution is -0.122. The molecular weight excluding hydrogens is 210 g/mol. The van der Waals surface area contributed by atoms with Gasteiger partial charge < -0.3 is 11.1 Å². The number of unbranched alkanes of at least 4 members (excludes halogenated alkanes) is 1. The Morgan fingerprint density at radius 1 is 1.60 bits per heavy atom. The minimum absolute atomic E-state index is 0.0223. The largest absolute Gasteiger partial charge is 0.392 e.